The summed E-state index contributed by atoms with van der Waals surface area (Å²) in [6.45, 7) is 3.64. The number of aromatic amines is 1. The summed E-state index contributed by atoms with van der Waals surface area (Å²) in [7, 11) is 0. The predicted molar refractivity (Wildman–Crippen MR) is 86.0 cm³/mol. The van der Waals surface area contributed by atoms with E-state index in [1.165, 1.54) is 0 Å². The Morgan fingerprint density at radius 1 is 1.41 bits per heavy atom. The lowest BCUT2D eigenvalue weighted by atomic mass is 9.87. The third-order valence-electron chi connectivity index (χ3n) is 4.78. The molecule has 0 bridgehead atoms. The van der Waals surface area contributed by atoms with Gasteiger partial charge in [-0.3, -0.25) is 4.79 Å². The Morgan fingerprint density at radius 3 is 2.82 bits per heavy atom. The molecule has 1 fully saturated rings. The molecule has 0 unspecified atom stereocenters. The first-order chi connectivity index (χ1) is 10.5. The molecular formula is C16H17ClN4O. The van der Waals surface area contributed by atoms with Crippen LogP contribution in [0, 0.1) is 0 Å². The summed E-state index contributed by atoms with van der Waals surface area (Å²) in [6.07, 6.45) is 6.04. The van der Waals surface area contributed by atoms with Gasteiger partial charge in [-0.05, 0) is 43.0 Å². The van der Waals surface area contributed by atoms with Gasteiger partial charge in [0.15, 0.2) is 0 Å². The predicted octanol–water partition coefficient (Wildman–Crippen LogP) is 2.12. The van der Waals surface area contributed by atoms with E-state index < -0.39 is 0 Å². The first-order valence-corrected chi connectivity index (χ1v) is 7.82. The number of nitrogens with one attached hydrogen (secondary N) is 2. The van der Waals surface area contributed by atoms with Crippen molar-refractivity contribution >= 4 is 23.2 Å². The standard InChI is InChI=1S/C16H17ClN4O/c1-8(17)19-13-9(7-18)2-3-10-12-11(20-14(10)13)6-16(4-5-16)21-15(12)22/h7,20H,1-6,18H2,(H,21,22)/b9-7-,19-13?. The van der Waals surface area contributed by atoms with Gasteiger partial charge in [-0.1, -0.05) is 18.2 Å². The first-order valence-electron chi connectivity index (χ1n) is 7.44. The Bertz CT molecular complexity index is 767. The number of aromatic nitrogens is 1. The average molecular weight is 317 g/mol. The molecule has 4 rings (SSSR count). The number of carbonyl (C=O) groups excluding carboxylic acids is 1. The molecule has 2 heterocycles. The molecular weight excluding hydrogens is 300 g/mol. The summed E-state index contributed by atoms with van der Waals surface area (Å²) in [6, 6.07) is 0. The van der Waals surface area contributed by atoms with Crippen molar-refractivity contribution in [1.29, 1.82) is 0 Å². The number of amides is 1. The molecule has 1 aliphatic heterocycles. The van der Waals surface area contributed by atoms with Crippen molar-refractivity contribution < 1.29 is 4.79 Å². The quantitative estimate of drug-likeness (QED) is 0.693. The summed E-state index contributed by atoms with van der Waals surface area (Å²) < 4.78 is 0. The third kappa shape index (κ3) is 1.92. The van der Waals surface area contributed by atoms with E-state index >= 15 is 0 Å². The molecule has 3 aliphatic rings. The maximum atomic E-state index is 12.5. The maximum Gasteiger partial charge on any atom is 0.253 e. The number of fused-ring (bicyclic) bond motifs is 3. The lowest BCUT2D eigenvalue weighted by Gasteiger charge is -2.24. The highest BCUT2D eigenvalue weighted by Crippen LogP contribution is 2.44. The van der Waals surface area contributed by atoms with Gasteiger partial charge in [0.05, 0.1) is 17.0 Å². The number of allylic oxidation sites excluding steroid dienone is 1. The number of nitrogens with two attached hydrogens (primary N) is 1. The zero-order valence-electron chi connectivity index (χ0n) is 12.1. The molecule has 0 aromatic carbocycles. The molecule has 5 nitrogen and oxygen atoms in total. The molecule has 1 amide bonds. The normalized spacial score (nSPS) is 25.0. The molecule has 1 aromatic rings. The van der Waals surface area contributed by atoms with Crippen LogP contribution in [-0.4, -0.2) is 22.1 Å². The molecule has 0 atom stereocenters. The van der Waals surface area contributed by atoms with E-state index in [2.05, 4.69) is 21.9 Å². The highest BCUT2D eigenvalue weighted by Gasteiger charge is 2.49. The van der Waals surface area contributed by atoms with Crippen molar-refractivity contribution in [2.45, 2.75) is 37.6 Å². The average Bonchev–Trinajstić information content (AvgIpc) is 3.07. The Kier molecular flexibility index (Phi) is 2.78. The van der Waals surface area contributed by atoms with Gasteiger partial charge in [0.1, 0.15) is 5.16 Å². The van der Waals surface area contributed by atoms with Crippen LogP contribution in [0.2, 0.25) is 0 Å². The monoisotopic (exact) mass is 316 g/mol. The van der Waals surface area contributed by atoms with Crippen molar-refractivity contribution in [2.24, 2.45) is 10.7 Å². The van der Waals surface area contributed by atoms with Crippen molar-refractivity contribution in [3.63, 3.8) is 0 Å². The zero-order chi connectivity index (χ0) is 15.5. The Balaban J connectivity index is 1.88. The van der Waals surface area contributed by atoms with Gasteiger partial charge >= 0.3 is 0 Å². The van der Waals surface area contributed by atoms with Crippen molar-refractivity contribution in [1.82, 2.24) is 10.3 Å². The number of carbonyl (C=O) groups is 1. The Hall–Kier alpha value is -2.01. The van der Waals surface area contributed by atoms with Crippen LogP contribution in [0.25, 0.3) is 0 Å². The van der Waals surface area contributed by atoms with Gasteiger partial charge in [0, 0.05) is 17.7 Å². The number of H-pyrrole nitrogens is 1. The van der Waals surface area contributed by atoms with Gasteiger partial charge < -0.3 is 16.0 Å². The van der Waals surface area contributed by atoms with E-state index in [-0.39, 0.29) is 16.6 Å². The highest BCUT2D eigenvalue weighted by atomic mass is 35.5. The second-order valence-corrected chi connectivity index (χ2v) is 6.71. The van der Waals surface area contributed by atoms with Crippen LogP contribution in [0.3, 0.4) is 0 Å². The second kappa shape index (κ2) is 4.49. The van der Waals surface area contributed by atoms with Gasteiger partial charge in [-0.2, -0.15) is 0 Å². The highest BCUT2D eigenvalue weighted by molar-refractivity contribution is 6.30. The number of halogens is 1. The number of rotatable bonds is 1. The van der Waals surface area contributed by atoms with Crippen LogP contribution in [-0.2, 0) is 12.8 Å². The van der Waals surface area contributed by atoms with E-state index in [1.807, 2.05) is 0 Å². The number of aliphatic imine (C=N–C) groups is 1. The van der Waals surface area contributed by atoms with Crippen LogP contribution < -0.4 is 11.1 Å². The summed E-state index contributed by atoms with van der Waals surface area (Å²) >= 11 is 5.87. The molecule has 114 valence electrons. The molecule has 1 saturated carbocycles. The van der Waals surface area contributed by atoms with E-state index in [9.17, 15) is 4.79 Å². The van der Waals surface area contributed by atoms with Gasteiger partial charge in [-0.15, -0.1) is 0 Å². The summed E-state index contributed by atoms with van der Waals surface area (Å²) in [4.78, 5) is 20.2. The van der Waals surface area contributed by atoms with Crippen LogP contribution >= 0.6 is 11.6 Å². The molecule has 2 aliphatic carbocycles. The zero-order valence-corrected chi connectivity index (χ0v) is 12.9. The molecule has 1 spiro atoms. The van der Waals surface area contributed by atoms with Crippen molar-refractivity contribution in [2.75, 3.05) is 0 Å². The Morgan fingerprint density at radius 2 is 2.18 bits per heavy atom. The lowest BCUT2D eigenvalue weighted by molar-refractivity contribution is 0.0917. The molecule has 6 heteroatoms. The smallest absolute Gasteiger partial charge is 0.253 e. The van der Waals surface area contributed by atoms with Crippen molar-refractivity contribution in [3.8, 4) is 0 Å². The van der Waals surface area contributed by atoms with Gasteiger partial charge in [-0.25, -0.2) is 4.99 Å². The summed E-state index contributed by atoms with van der Waals surface area (Å²) in [5.74, 6) is 0.0282. The van der Waals surface area contributed by atoms with Gasteiger partial charge in [0.25, 0.3) is 5.91 Å². The fourth-order valence-electron chi connectivity index (χ4n) is 3.54. The van der Waals surface area contributed by atoms with E-state index in [1.54, 1.807) is 6.20 Å². The fourth-order valence-corrected chi connectivity index (χ4v) is 3.63. The molecule has 0 saturated heterocycles. The van der Waals surface area contributed by atoms with E-state index in [0.29, 0.717) is 5.71 Å². The number of hydrogen-bond acceptors (Lipinski definition) is 3. The first kappa shape index (κ1) is 13.6. The molecule has 1 aromatic heterocycles. The molecule has 22 heavy (non-hydrogen) atoms. The maximum absolute atomic E-state index is 12.5. The SMILES string of the molecule is C=C(Cl)N=C1/C(=C\N)CCc2c1[nH]c1c2C(=O)NC2(CC2)C1. The third-order valence-corrected chi connectivity index (χ3v) is 4.86. The Labute approximate surface area is 133 Å². The van der Waals surface area contributed by atoms with E-state index in [0.717, 1.165) is 60.2 Å². The number of nitrogens with zero attached hydrogens (tertiary/aromatic N) is 1. The van der Waals surface area contributed by atoms with Crippen molar-refractivity contribution in [3.05, 3.63) is 46.0 Å². The summed E-state index contributed by atoms with van der Waals surface area (Å²) in [5, 5.41) is 3.36. The largest absolute Gasteiger partial charge is 0.404 e. The van der Waals surface area contributed by atoms with Crippen LogP contribution in [0.15, 0.2) is 28.5 Å². The minimum atomic E-state index is -0.0164. The van der Waals surface area contributed by atoms with Crippen LogP contribution in [0.1, 0.15) is 46.6 Å². The van der Waals surface area contributed by atoms with Crippen LogP contribution in [0.5, 0.6) is 0 Å². The second-order valence-electron chi connectivity index (χ2n) is 6.27. The van der Waals surface area contributed by atoms with Gasteiger partial charge in [0.2, 0.25) is 0 Å². The number of hydrogen-bond donors (Lipinski definition) is 3. The molecule has 0 radical (unpaired) electrons. The minimum absolute atomic E-state index is 0.0164. The fraction of sp³-hybridized carbons (Fsp3) is 0.375. The summed E-state index contributed by atoms with van der Waals surface area (Å²) in [5.41, 5.74) is 11.0. The minimum Gasteiger partial charge on any atom is -0.404 e. The topological polar surface area (TPSA) is 83.3 Å². The molecule has 4 N–H and O–H groups in total. The lowest BCUT2D eigenvalue weighted by Crippen LogP contribution is -2.43. The van der Waals surface area contributed by atoms with E-state index in [4.69, 9.17) is 17.3 Å². The van der Waals surface area contributed by atoms with Crippen LogP contribution in [0.4, 0.5) is 0 Å².